The van der Waals surface area contributed by atoms with Crippen molar-refractivity contribution in [2.45, 2.75) is 96.8 Å². The first-order chi connectivity index (χ1) is 18.7. The zero-order valence-corrected chi connectivity index (χ0v) is 23.5. The van der Waals surface area contributed by atoms with Gasteiger partial charge in [0.15, 0.2) is 0 Å². The zero-order valence-electron chi connectivity index (χ0n) is 23.5. The van der Waals surface area contributed by atoms with Gasteiger partial charge >= 0.3 is 5.97 Å². The molecule has 2 aromatic carbocycles. The van der Waals surface area contributed by atoms with E-state index in [1.165, 1.54) is 70.6 Å². The second-order valence-corrected chi connectivity index (χ2v) is 10.7. The summed E-state index contributed by atoms with van der Waals surface area (Å²) in [5.41, 5.74) is 0.491. The SMILES string of the molecule is C=CCCCOc1ccc(C(=O)Oc2ccc(OCCCC3CCC(CCCCCCC)CC3)cc2)cc1. The summed E-state index contributed by atoms with van der Waals surface area (Å²) in [6.45, 7) is 7.36. The lowest BCUT2D eigenvalue weighted by Crippen LogP contribution is -2.15. The molecule has 4 heteroatoms. The van der Waals surface area contributed by atoms with Gasteiger partial charge in [-0.1, -0.05) is 77.2 Å². The van der Waals surface area contributed by atoms with Crippen LogP contribution in [-0.2, 0) is 0 Å². The van der Waals surface area contributed by atoms with Gasteiger partial charge in [-0.25, -0.2) is 4.79 Å². The summed E-state index contributed by atoms with van der Waals surface area (Å²) in [5, 5.41) is 0. The maximum absolute atomic E-state index is 12.5. The third-order valence-electron chi connectivity index (χ3n) is 7.65. The van der Waals surface area contributed by atoms with Crippen LogP contribution in [0.5, 0.6) is 17.2 Å². The zero-order chi connectivity index (χ0) is 26.8. The molecule has 1 aliphatic carbocycles. The van der Waals surface area contributed by atoms with Crippen molar-refractivity contribution >= 4 is 5.97 Å². The molecule has 0 atom stereocenters. The molecule has 208 valence electrons. The Morgan fingerprint density at radius 1 is 0.737 bits per heavy atom. The van der Waals surface area contributed by atoms with Crippen LogP contribution in [0.4, 0.5) is 0 Å². The van der Waals surface area contributed by atoms with Crippen molar-refractivity contribution < 1.29 is 19.0 Å². The molecule has 0 aliphatic heterocycles. The van der Waals surface area contributed by atoms with E-state index in [0.717, 1.165) is 49.2 Å². The van der Waals surface area contributed by atoms with E-state index in [-0.39, 0.29) is 5.97 Å². The van der Waals surface area contributed by atoms with Crippen LogP contribution < -0.4 is 14.2 Å². The fourth-order valence-corrected chi connectivity index (χ4v) is 5.28. The molecule has 0 bridgehead atoms. The van der Waals surface area contributed by atoms with Gasteiger partial charge in [0, 0.05) is 0 Å². The van der Waals surface area contributed by atoms with E-state index in [1.54, 1.807) is 36.4 Å². The highest BCUT2D eigenvalue weighted by atomic mass is 16.5. The molecule has 1 saturated carbocycles. The smallest absolute Gasteiger partial charge is 0.343 e. The number of carbonyl (C=O) groups excluding carboxylic acids is 1. The average molecular weight is 521 g/mol. The lowest BCUT2D eigenvalue weighted by Gasteiger charge is -2.28. The Hall–Kier alpha value is -2.75. The van der Waals surface area contributed by atoms with Crippen LogP contribution in [0.2, 0.25) is 0 Å². The van der Waals surface area contributed by atoms with E-state index in [2.05, 4.69) is 13.5 Å². The number of allylic oxidation sites excluding steroid dienone is 1. The third-order valence-corrected chi connectivity index (χ3v) is 7.65. The van der Waals surface area contributed by atoms with Crippen LogP contribution in [0.1, 0.15) is 107 Å². The molecule has 1 aliphatic rings. The lowest BCUT2D eigenvalue weighted by molar-refractivity contribution is 0.0734. The Bertz CT molecular complexity index is 911. The molecule has 2 aromatic rings. The highest BCUT2D eigenvalue weighted by Gasteiger charge is 2.20. The van der Waals surface area contributed by atoms with E-state index in [1.807, 2.05) is 18.2 Å². The standard InChI is InChI=1S/C34H48O4/c1-3-5-7-8-9-12-28-14-16-29(17-15-28)13-11-27-37-32-22-24-33(25-23-32)38-34(35)30-18-20-31(21-19-30)36-26-10-6-4-2/h4,18-25,28-29H,2-3,5-17,26-27H2,1H3. The van der Waals surface area contributed by atoms with Crippen molar-refractivity contribution in [3.8, 4) is 17.2 Å². The molecular formula is C34H48O4. The van der Waals surface area contributed by atoms with Gasteiger partial charge in [-0.2, -0.15) is 0 Å². The summed E-state index contributed by atoms with van der Waals surface area (Å²) < 4.78 is 17.1. The molecule has 0 amide bonds. The van der Waals surface area contributed by atoms with E-state index in [9.17, 15) is 4.79 Å². The average Bonchev–Trinajstić information content (AvgIpc) is 2.95. The van der Waals surface area contributed by atoms with Crippen molar-refractivity contribution in [2.75, 3.05) is 13.2 Å². The van der Waals surface area contributed by atoms with Gasteiger partial charge in [0.25, 0.3) is 0 Å². The lowest BCUT2D eigenvalue weighted by atomic mass is 9.78. The minimum absolute atomic E-state index is 0.386. The van der Waals surface area contributed by atoms with Gasteiger partial charge < -0.3 is 14.2 Å². The Morgan fingerprint density at radius 2 is 1.26 bits per heavy atom. The molecule has 0 saturated heterocycles. The Kier molecular flexibility index (Phi) is 13.9. The second kappa shape index (κ2) is 17.7. The van der Waals surface area contributed by atoms with Crippen molar-refractivity contribution in [1.82, 2.24) is 0 Å². The molecule has 38 heavy (non-hydrogen) atoms. The highest BCUT2D eigenvalue weighted by Crippen LogP contribution is 2.34. The van der Waals surface area contributed by atoms with Crippen molar-refractivity contribution in [2.24, 2.45) is 11.8 Å². The Labute approximate surface area is 230 Å². The summed E-state index contributed by atoms with van der Waals surface area (Å²) in [4.78, 5) is 12.5. The minimum atomic E-state index is -0.386. The van der Waals surface area contributed by atoms with E-state index in [0.29, 0.717) is 17.9 Å². The molecular weight excluding hydrogens is 472 g/mol. The third kappa shape index (κ3) is 11.3. The maximum atomic E-state index is 12.5. The maximum Gasteiger partial charge on any atom is 0.343 e. The van der Waals surface area contributed by atoms with Crippen LogP contribution in [0.3, 0.4) is 0 Å². The van der Waals surface area contributed by atoms with Gasteiger partial charge in [0.1, 0.15) is 17.2 Å². The molecule has 4 nitrogen and oxygen atoms in total. The summed E-state index contributed by atoms with van der Waals surface area (Å²) >= 11 is 0. The molecule has 0 N–H and O–H groups in total. The number of benzene rings is 2. The molecule has 0 heterocycles. The van der Waals surface area contributed by atoms with Crippen molar-refractivity contribution in [3.63, 3.8) is 0 Å². The predicted molar refractivity (Wildman–Crippen MR) is 156 cm³/mol. The monoisotopic (exact) mass is 520 g/mol. The van der Waals surface area contributed by atoms with E-state index < -0.39 is 0 Å². The molecule has 3 rings (SSSR count). The number of unbranched alkanes of at least 4 members (excludes halogenated alkanes) is 5. The molecule has 0 radical (unpaired) electrons. The first kappa shape index (κ1) is 29.8. The topological polar surface area (TPSA) is 44.8 Å². The van der Waals surface area contributed by atoms with Crippen molar-refractivity contribution in [1.29, 1.82) is 0 Å². The quantitative estimate of drug-likeness (QED) is 0.0849. The van der Waals surface area contributed by atoms with Crippen LogP contribution in [0.25, 0.3) is 0 Å². The number of hydrogen-bond donors (Lipinski definition) is 0. The first-order valence-electron chi connectivity index (χ1n) is 15.0. The number of ether oxygens (including phenoxy) is 3. The molecule has 0 unspecified atom stereocenters. The first-order valence-corrected chi connectivity index (χ1v) is 15.0. The summed E-state index contributed by atoms with van der Waals surface area (Å²) in [6, 6.07) is 14.4. The highest BCUT2D eigenvalue weighted by molar-refractivity contribution is 5.91. The van der Waals surface area contributed by atoms with Crippen LogP contribution in [0.15, 0.2) is 61.2 Å². The van der Waals surface area contributed by atoms with Gasteiger partial charge in [0.05, 0.1) is 18.8 Å². The fourth-order valence-electron chi connectivity index (χ4n) is 5.28. The van der Waals surface area contributed by atoms with Gasteiger partial charge in [-0.3, -0.25) is 0 Å². The normalized spacial score (nSPS) is 17.1. The largest absolute Gasteiger partial charge is 0.494 e. The number of hydrogen-bond acceptors (Lipinski definition) is 4. The van der Waals surface area contributed by atoms with Crippen LogP contribution in [-0.4, -0.2) is 19.2 Å². The minimum Gasteiger partial charge on any atom is -0.494 e. The van der Waals surface area contributed by atoms with Crippen LogP contribution >= 0.6 is 0 Å². The Balaban J connectivity index is 1.27. The Morgan fingerprint density at radius 3 is 1.87 bits per heavy atom. The molecule has 0 aromatic heterocycles. The fraction of sp³-hybridized carbons (Fsp3) is 0.559. The van der Waals surface area contributed by atoms with Crippen LogP contribution in [0, 0.1) is 11.8 Å². The predicted octanol–water partition coefficient (Wildman–Crippen LogP) is 9.58. The van der Waals surface area contributed by atoms with Gasteiger partial charge in [-0.05, 0) is 86.1 Å². The summed E-state index contributed by atoms with van der Waals surface area (Å²) in [6.07, 6.45) is 20.2. The number of rotatable bonds is 18. The van der Waals surface area contributed by atoms with E-state index >= 15 is 0 Å². The number of carbonyl (C=O) groups is 1. The van der Waals surface area contributed by atoms with Gasteiger partial charge in [0.2, 0.25) is 0 Å². The van der Waals surface area contributed by atoms with Gasteiger partial charge in [-0.15, -0.1) is 6.58 Å². The summed E-state index contributed by atoms with van der Waals surface area (Å²) in [7, 11) is 0. The summed E-state index contributed by atoms with van der Waals surface area (Å²) in [5.74, 6) is 3.52. The number of esters is 1. The molecule has 0 spiro atoms. The van der Waals surface area contributed by atoms with Crippen molar-refractivity contribution in [3.05, 3.63) is 66.7 Å². The second-order valence-electron chi connectivity index (χ2n) is 10.7. The molecule has 1 fully saturated rings. The van der Waals surface area contributed by atoms with E-state index in [4.69, 9.17) is 14.2 Å².